The van der Waals surface area contributed by atoms with Gasteiger partial charge in [-0.3, -0.25) is 0 Å². The lowest BCUT2D eigenvalue weighted by atomic mass is 10.00. The molecule has 0 aliphatic carbocycles. The van der Waals surface area contributed by atoms with Crippen molar-refractivity contribution >= 4 is 22.2 Å². The molecule has 1 aliphatic heterocycles. The lowest BCUT2D eigenvalue weighted by Crippen LogP contribution is -2.11. The average molecular weight is 245 g/mol. The Kier molecular flexibility index (Phi) is 2.73. The minimum atomic E-state index is 0.968. The van der Waals surface area contributed by atoms with Gasteiger partial charge in [0.1, 0.15) is 0 Å². The number of hydrogen-bond donors (Lipinski definition) is 2. The first-order valence-electron chi connectivity index (χ1n) is 5.87. The molecule has 0 saturated carbocycles. The summed E-state index contributed by atoms with van der Waals surface area (Å²) in [5.41, 5.74) is 4.97. The van der Waals surface area contributed by atoms with Crippen LogP contribution in [-0.2, 0) is 6.42 Å². The van der Waals surface area contributed by atoms with Crippen molar-refractivity contribution in [3.63, 3.8) is 0 Å². The Hall–Kier alpha value is -1.55. The molecule has 2 N–H and O–H groups in total. The fourth-order valence-electron chi connectivity index (χ4n) is 2.16. The Bertz CT molecular complexity index is 533. The molecule has 4 heteroatoms. The molecule has 2 heterocycles. The maximum absolute atomic E-state index is 4.53. The lowest BCUT2D eigenvalue weighted by Gasteiger charge is -2.18. The van der Waals surface area contributed by atoms with E-state index in [1.54, 1.807) is 11.3 Å². The van der Waals surface area contributed by atoms with E-state index in [-0.39, 0.29) is 0 Å². The van der Waals surface area contributed by atoms with E-state index in [4.69, 9.17) is 0 Å². The van der Waals surface area contributed by atoms with Crippen LogP contribution in [0.3, 0.4) is 0 Å². The molecular formula is C13H15N3S. The number of aryl methyl sites for hydroxylation is 1. The van der Waals surface area contributed by atoms with Gasteiger partial charge in [0, 0.05) is 30.2 Å². The van der Waals surface area contributed by atoms with Gasteiger partial charge in [0.25, 0.3) is 0 Å². The fraction of sp³-hybridized carbons (Fsp3) is 0.308. The van der Waals surface area contributed by atoms with Gasteiger partial charge in [-0.15, -0.1) is 11.3 Å². The molecule has 1 aromatic heterocycles. The maximum Gasteiger partial charge on any atom is 0.182 e. The monoisotopic (exact) mass is 245 g/mol. The molecule has 2 aromatic rings. The molecule has 0 spiro atoms. The molecule has 0 amide bonds. The summed E-state index contributed by atoms with van der Waals surface area (Å²) in [5.74, 6) is 0. The minimum Gasteiger partial charge on any atom is -0.385 e. The van der Waals surface area contributed by atoms with E-state index < -0.39 is 0 Å². The summed E-state index contributed by atoms with van der Waals surface area (Å²) in [4.78, 5) is 4.53. The van der Waals surface area contributed by atoms with Crippen LogP contribution in [0, 0.1) is 0 Å². The summed E-state index contributed by atoms with van der Waals surface area (Å²) in [7, 11) is 1.90. The van der Waals surface area contributed by atoms with Crippen LogP contribution < -0.4 is 10.6 Å². The number of benzene rings is 1. The highest BCUT2D eigenvalue weighted by Crippen LogP contribution is 2.30. The van der Waals surface area contributed by atoms with Gasteiger partial charge in [0.2, 0.25) is 0 Å². The number of fused-ring (bicyclic) bond motifs is 1. The summed E-state index contributed by atoms with van der Waals surface area (Å²) >= 11 is 1.64. The van der Waals surface area contributed by atoms with E-state index in [9.17, 15) is 0 Å². The van der Waals surface area contributed by atoms with Crippen LogP contribution in [0.15, 0.2) is 23.6 Å². The van der Waals surface area contributed by atoms with Crippen LogP contribution in [0.1, 0.15) is 12.0 Å². The van der Waals surface area contributed by atoms with Gasteiger partial charge >= 0.3 is 0 Å². The van der Waals surface area contributed by atoms with E-state index in [2.05, 4.69) is 39.2 Å². The number of nitrogens with one attached hydrogen (secondary N) is 2. The first-order valence-corrected chi connectivity index (χ1v) is 6.75. The van der Waals surface area contributed by atoms with Gasteiger partial charge < -0.3 is 10.6 Å². The smallest absolute Gasteiger partial charge is 0.182 e. The number of anilines is 2. The van der Waals surface area contributed by atoms with Gasteiger partial charge in [-0.2, -0.15) is 0 Å². The molecule has 0 bridgehead atoms. The average Bonchev–Trinajstić information content (AvgIpc) is 2.87. The maximum atomic E-state index is 4.53. The zero-order valence-corrected chi connectivity index (χ0v) is 10.6. The summed E-state index contributed by atoms with van der Waals surface area (Å²) < 4.78 is 0. The molecule has 3 rings (SSSR count). The van der Waals surface area contributed by atoms with Crippen LogP contribution in [0.4, 0.5) is 10.8 Å². The quantitative estimate of drug-likeness (QED) is 0.853. The summed E-state index contributed by atoms with van der Waals surface area (Å²) in [6, 6.07) is 6.57. The summed E-state index contributed by atoms with van der Waals surface area (Å²) in [6.45, 7) is 1.09. The summed E-state index contributed by atoms with van der Waals surface area (Å²) in [5, 5.41) is 9.57. The molecule has 0 unspecified atom stereocenters. The van der Waals surface area contributed by atoms with Crippen LogP contribution in [0.2, 0.25) is 0 Å². The molecule has 3 nitrogen and oxygen atoms in total. The third-order valence-corrected chi connectivity index (χ3v) is 3.92. The van der Waals surface area contributed by atoms with Gasteiger partial charge in [-0.05, 0) is 30.5 Å². The Morgan fingerprint density at radius 3 is 3.18 bits per heavy atom. The second-order valence-electron chi connectivity index (χ2n) is 4.19. The van der Waals surface area contributed by atoms with Crippen molar-refractivity contribution in [2.75, 3.05) is 24.2 Å². The highest BCUT2D eigenvalue weighted by molar-refractivity contribution is 7.14. The zero-order chi connectivity index (χ0) is 11.7. The fourth-order valence-corrected chi connectivity index (χ4v) is 2.84. The third-order valence-electron chi connectivity index (χ3n) is 3.06. The van der Waals surface area contributed by atoms with Crippen LogP contribution >= 0.6 is 11.3 Å². The molecule has 0 fully saturated rings. The standard InChI is InChI=1S/C13H15N3S/c1-14-13-16-12(8-17-13)10-4-5-11-9(7-10)3-2-6-15-11/h4-5,7-8,15H,2-3,6H2,1H3,(H,14,16). The highest BCUT2D eigenvalue weighted by atomic mass is 32.1. The molecule has 0 saturated heterocycles. The first-order chi connectivity index (χ1) is 8.36. The lowest BCUT2D eigenvalue weighted by molar-refractivity contribution is 0.830. The van der Waals surface area contributed by atoms with E-state index in [1.807, 2.05) is 7.05 Å². The van der Waals surface area contributed by atoms with Crippen molar-refractivity contribution in [1.29, 1.82) is 0 Å². The van der Waals surface area contributed by atoms with E-state index in [0.717, 1.165) is 17.4 Å². The Balaban J connectivity index is 1.97. The van der Waals surface area contributed by atoms with Crippen LogP contribution in [-0.4, -0.2) is 18.6 Å². The van der Waals surface area contributed by atoms with Crippen molar-refractivity contribution in [2.24, 2.45) is 0 Å². The minimum absolute atomic E-state index is 0.968. The number of aromatic nitrogens is 1. The molecule has 1 aromatic carbocycles. The topological polar surface area (TPSA) is 37.0 Å². The van der Waals surface area contributed by atoms with Crippen molar-refractivity contribution < 1.29 is 0 Å². The van der Waals surface area contributed by atoms with Crippen molar-refractivity contribution in [1.82, 2.24) is 4.98 Å². The second-order valence-corrected chi connectivity index (χ2v) is 5.05. The predicted molar refractivity (Wildman–Crippen MR) is 73.9 cm³/mol. The van der Waals surface area contributed by atoms with Gasteiger partial charge in [0.05, 0.1) is 5.69 Å². The Morgan fingerprint density at radius 1 is 1.41 bits per heavy atom. The molecule has 0 radical (unpaired) electrons. The number of nitrogens with zero attached hydrogens (tertiary/aromatic N) is 1. The molecule has 0 atom stereocenters. The number of thiazole rings is 1. The normalized spacial score (nSPS) is 13.9. The SMILES string of the molecule is CNc1nc(-c2ccc3c(c2)CCCN3)cs1. The summed E-state index contributed by atoms with van der Waals surface area (Å²) in [6.07, 6.45) is 2.38. The first kappa shape index (κ1) is 10.6. The zero-order valence-electron chi connectivity index (χ0n) is 9.79. The number of hydrogen-bond acceptors (Lipinski definition) is 4. The predicted octanol–water partition coefficient (Wildman–Crippen LogP) is 3.21. The molecule has 88 valence electrons. The second kappa shape index (κ2) is 4.37. The van der Waals surface area contributed by atoms with E-state index >= 15 is 0 Å². The van der Waals surface area contributed by atoms with Gasteiger partial charge in [-0.25, -0.2) is 4.98 Å². The molecule has 1 aliphatic rings. The Morgan fingerprint density at radius 2 is 2.35 bits per heavy atom. The third kappa shape index (κ3) is 2.00. The van der Waals surface area contributed by atoms with Crippen LogP contribution in [0.5, 0.6) is 0 Å². The molecule has 17 heavy (non-hydrogen) atoms. The van der Waals surface area contributed by atoms with E-state index in [0.29, 0.717) is 0 Å². The van der Waals surface area contributed by atoms with Crippen molar-refractivity contribution in [3.8, 4) is 11.3 Å². The Labute approximate surface area is 105 Å². The van der Waals surface area contributed by atoms with Gasteiger partial charge in [-0.1, -0.05) is 6.07 Å². The van der Waals surface area contributed by atoms with E-state index in [1.165, 1.54) is 29.7 Å². The number of rotatable bonds is 2. The van der Waals surface area contributed by atoms with Gasteiger partial charge in [0.15, 0.2) is 5.13 Å². The largest absolute Gasteiger partial charge is 0.385 e. The van der Waals surface area contributed by atoms with Crippen molar-refractivity contribution in [2.45, 2.75) is 12.8 Å². The van der Waals surface area contributed by atoms with Crippen LogP contribution in [0.25, 0.3) is 11.3 Å². The van der Waals surface area contributed by atoms with Crippen molar-refractivity contribution in [3.05, 3.63) is 29.1 Å². The molecular weight excluding hydrogens is 230 g/mol. The highest BCUT2D eigenvalue weighted by Gasteiger charge is 2.10.